The number of methoxy groups -OCH3 is 1. The molecule has 0 fully saturated rings. The molecule has 1 rings (SSSR count). The molecule has 0 unspecified atom stereocenters. The lowest BCUT2D eigenvalue weighted by molar-refractivity contribution is -0.384. The first kappa shape index (κ1) is 16.7. The van der Waals surface area contributed by atoms with Gasteiger partial charge >= 0.3 is 5.97 Å². The van der Waals surface area contributed by atoms with Gasteiger partial charge in [0.2, 0.25) is 0 Å². The summed E-state index contributed by atoms with van der Waals surface area (Å²) >= 11 is 0. The van der Waals surface area contributed by atoms with Crippen molar-refractivity contribution in [1.82, 2.24) is 4.90 Å². The van der Waals surface area contributed by atoms with Crippen LogP contribution in [0.1, 0.15) is 0 Å². The Kier molecular flexibility index (Phi) is 5.92. The van der Waals surface area contributed by atoms with E-state index in [2.05, 4.69) is 0 Å². The largest absolute Gasteiger partial charge is 0.496 e. The molecule has 21 heavy (non-hydrogen) atoms. The fourth-order valence-electron chi connectivity index (χ4n) is 1.81. The van der Waals surface area contributed by atoms with Crippen molar-refractivity contribution in [1.29, 1.82) is 0 Å². The van der Waals surface area contributed by atoms with Crippen LogP contribution >= 0.6 is 0 Å². The third-order valence-electron chi connectivity index (χ3n) is 2.86. The molecule has 1 aromatic rings. The number of likely N-dealkylation sites (N-methyl/N-ethyl adjacent to an activating group) is 1. The second-order valence-electron chi connectivity index (χ2n) is 4.73. The summed E-state index contributed by atoms with van der Waals surface area (Å²) in [5.74, 6) is -0.688. The molecular weight excluding hydrogens is 278 g/mol. The van der Waals surface area contributed by atoms with E-state index in [1.807, 2.05) is 19.0 Å². The fourth-order valence-corrected chi connectivity index (χ4v) is 1.81. The Morgan fingerprint density at radius 2 is 2.05 bits per heavy atom. The van der Waals surface area contributed by atoms with Gasteiger partial charge in [-0.2, -0.15) is 0 Å². The Morgan fingerprint density at radius 1 is 1.38 bits per heavy atom. The van der Waals surface area contributed by atoms with Crippen LogP contribution in [0, 0.1) is 10.1 Å². The molecule has 0 aromatic heterocycles. The molecule has 0 saturated carbocycles. The van der Waals surface area contributed by atoms with Crippen LogP contribution in [0.5, 0.6) is 5.75 Å². The molecule has 1 aromatic carbocycles. The first-order chi connectivity index (χ1) is 9.85. The van der Waals surface area contributed by atoms with E-state index in [0.717, 1.165) is 0 Å². The summed E-state index contributed by atoms with van der Waals surface area (Å²) in [6, 6.07) is 4.38. The zero-order chi connectivity index (χ0) is 16.0. The van der Waals surface area contributed by atoms with Gasteiger partial charge < -0.3 is 19.6 Å². The van der Waals surface area contributed by atoms with Crippen LogP contribution in [0.15, 0.2) is 18.2 Å². The van der Waals surface area contributed by atoms with Crippen molar-refractivity contribution in [2.45, 2.75) is 0 Å². The third kappa shape index (κ3) is 4.92. The van der Waals surface area contributed by atoms with Crippen molar-refractivity contribution in [3.63, 3.8) is 0 Å². The number of anilines is 1. The zero-order valence-electron chi connectivity index (χ0n) is 12.3. The fraction of sp³-hybridized carbons (Fsp3) is 0.462. The van der Waals surface area contributed by atoms with E-state index >= 15 is 0 Å². The van der Waals surface area contributed by atoms with E-state index in [0.29, 0.717) is 18.8 Å². The topological polar surface area (TPSA) is 96.2 Å². The van der Waals surface area contributed by atoms with Crippen molar-refractivity contribution < 1.29 is 19.6 Å². The van der Waals surface area contributed by atoms with E-state index in [-0.39, 0.29) is 17.9 Å². The van der Waals surface area contributed by atoms with Crippen molar-refractivity contribution in [2.75, 3.05) is 45.7 Å². The first-order valence-corrected chi connectivity index (χ1v) is 6.29. The Bertz CT molecular complexity index is 519. The van der Waals surface area contributed by atoms with E-state index < -0.39 is 10.9 Å². The van der Waals surface area contributed by atoms with Gasteiger partial charge in [0, 0.05) is 13.1 Å². The summed E-state index contributed by atoms with van der Waals surface area (Å²) in [6.45, 7) is 0.643. The highest BCUT2D eigenvalue weighted by Crippen LogP contribution is 2.31. The van der Waals surface area contributed by atoms with E-state index in [1.165, 1.54) is 24.1 Å². The number of hydrogen-bond donors (Lipinski definition) is 1. The van der Waals surface area contributed by atoms with Crippen LogP contribution in [0.4, 0.5) is 11.4 Å². The lowest BCUT2D eigenvalue weighted by Crippen LogP contribution is -2.36. The number of nitro benzene ring substituents is 1. The number of nitro groups is 1. The summed E-state index contributed by atoms with van der Waals surface area (Å²) in [7, 11) is 5.11. The van der Waals surface area contributed by atoms with Crippen LogP contribution in [0.3, 0.4) is 0 Å². The number of benzene rings is 1. The van der Waals surface area contributed by atoms with Gasteiger partial charge in [0.1, 0.15) is 18.0 Å². The van der Waals surface area contributed by atoms with Crippen LogP contribution in [0.25, 0.3) is 0 Å². The molecule has 0 atom stereocenters. The number of nitrogens with zero attached hydrogens (tertiary/aromatic N) is 3. The zero-order valence-corrected chi connectivity index (χ0v) is 12.3. The maximum Gasteiger partial charge on any atom is 0.323 e. The van der Waals surface area contributed by atoms with Gasteiger partial charge in [0.25, 0.3) is 5.69 Å². The Morgan fingerprint density at radius 3 is 2.52 bits per heavy atom. The molecule has 116 valence electrons. The number of ether oxygens (including phenoxy) is 1. The molecule has 0 radical (unpaired) electrons. The highest BCUT2D eigenvalue weighted by Gasteiger charge is 2.22. The van der Waals surface area contributed by atoms with Gasteiger partial charge in [0.05, 0.1) is 18.1 Å². The number of rotatable bonds is 8. The summed E-state index contributed by atoms with van der Waals surface area (Å²) in [5, 5.41) is 20.2. The minimum atomic E-state index is -1.04. The first-order valence-electron chi connectivity index (χ1n) is 6.29. The normalized spacial score (nSPS) is 10.5. The van der Waals surface area contributed by atoms with Crippen molar-refractivity contribution in [3.8, 4) is 5.75 Å². The number of carbonyl (C=O) groups is 1. The van der Waals surface area contributed by atoms with Crippen molar-refractivity contribution in [2.24, 2.45) is 0 Å². The average molecular weight is 297 g/mol. The Labute approximate surface area is 122 Å². The minimum absolute atomic E-state index is 0.172. The second-order valence-corrected chi connectivity index (χ2v) is 4.73. The highest BCUT2D eigenvalue weighted by atomic mass is 16.6. The maximum absolute atomic E-state index is 11.2. The lowest BCUT2D eigenvalue weighted by atomic mass is 10.2. The van der Waals surface area contributed by atoms with E-state index in [4.69, 9.17) is 9.84 Å². The van der Waals surface area contributed by atoms with Crippen molar-refractivity contribution >= 4 is 17.3 Å². The predicted octanol–water partition coefficient (Wildman–Crippen LogP) is 1.06. The molecule has 0 aliphatic heterocycles. The summed E-state index contributed by atoms with van der Waals surface area (Å²) in [6.07, 6.45) is 0. The van der Waals surface area contributed by atoms with Crippen LogP contribution in [-0.4, -0.2) is 61.7 Å². The van der Waals surface area contributed by atoms with E-state index in [9.17, 15) is 14.9 Å². The highest BCUT2D eigenvalue weighted by molar-refractivity contribution is 5.76. The maximum atomic E-state index is 11.2. The molecule has 0 aliphatic carbocycles. The molecule has 0 bridgehead atoms. The van der Waals surface area contributed by atoms with Crippen LogP contribution < -0.4 is 9.64 Å². The molecule has 0 amide bonds. The van der Waals surface area contributed by atoms with Gasteiger partial charge in [-0.1, -0.05) is 0 Å². The lowest BCUT2D eigenvalue weighted by Gasteiger charge is -2.24. The van der Waals surface area contributed by atoms with Gasteiger partial charge in [0.15, 0.2) is 0 Å². The quantitative estimate of drug-likeness (QED) is 0.566. The smallest absolute Gasteiger partial charge is 0.323 e. The van der Waals surface area contributed by atoms with Gasteiger partial charge in [-0.3, -0.25) is 14.9 Å². The molecule has 8 heteroatoms. The van der Waals surface area contributed by atoms with Gasteiger partial charge in [-0.05, 0) is 26.2 Å². The minimum Gasteiger partial charge on any atom is -0.496 e. The Balaban J connectivity index is 3.15. The second kappa shape index (κ2) is 7.44. The number of carboxylic acids is 1. The molecule has 0 heterocycles. The third-order valence-corrected chi connectivity index (χ3v) is 2.86. The van der Waals surface area contributed by atoms with Crippen LogP contribution in [0.2, 0.25) is 0 Å². The average Bonchev–Trinajstić information content (AvgIpc) is 2.42. The number of carboxylic acid groups (broad SMARTS) is 1. The standard InChI is InChI=1S/C13H19N3O5/c1-14(2)6-7-15(9-13(17)18)11-5-4-10(21-3)8-12(11)16(19)20/h4-5,8H,6-7,9H2,1-3H3,(H,17,18). The monoisotopic (exact) mass is 297 g/mol. The van der Waals surface area contributed by atoms with Crippen molar-refractivity contribution in [3.05, 3.63) is 28.3 Å². The molecular formula is C13H19N3O5. The molecule has 1 N–H and O–H groups in total. The summed E-state index contributed by atoms with van der Waals surface area (Å²) in [5.41, 5.74) is 0.0967. The molecule has 0 aliphatic rings. The Hall–Kier alpha value is -2.35. The number of hydrogen-bond acceptors (Lipinski definition) is 6. The van der Waals surface area contributed by atoms with Gasteiger partial charge in [-0.15, -0.1) is 0 Å². The van der Waals surface area contributed by atoms with Gasteiger partial charge in [-0.25, -0.2) is 0 Å². The van der Waals surface area contributed by atoms with Crippen LogP contribution in [-0.2, 0) is 4.79 Å². The molecule has 0 spiro atoms. The summed E-state index contributed by atoms with van der Waals surface area (Å²) < 4.78 is 4.97. The SMILES string of the molecule is COc1ccc(N(CCN(C)C)CC(=O)O)c([N+](=O)[O-])c1. The van der Waals surface area contributed by atoms with E-state index in [1.54, 1.807) is 6.07 Å². The summed E-state index contributed by atoms with van der Waals surface area (Å²) in [4.78, 5) is 25.0. The molecule has 0 saturated heterocycles. The number of aliphatic carboxylic acids is 1. The molecule has 8 nitrogen and oxygen atoms in total. The predicted molar refractivity (Wildman–Crippen MR) is 78.1 cm³/mol.